The summed E-state index contributed by atoms with van der Waals surface area (Å²) in [4.78, 5) is 14.9. The van der Waals surface area contributed by atoms with Crippen LogP contribution in [0.4, 0.5) is 0 Å². The molecular formula is C14H19NO4S2. The Kier molecular flexibility index (Phi) is 5.55. The van der Waals surface area contributed by atoms with Gasteiger partial charge in [-0.15, -0.1) is 11.3 Å². The van der Waals surface area contributed by atoms with Crippen molar-refractivity contribution in [2.75, 3.05) is 31.8 Å². The van der Waals surface area contributed by atoms with Crippen LogP contribution in [0.3, 0.4) is 0 Å². The molecule has 116 valence electrons. The summed E-state index contributed by atoms with van der Waals surface area (Å²) in [5.74, 6) is 0.0424. The lowest BCUT2D eigenvalue weighted by Gasteiger charge is -2.26. The maximum atomic E-state index is 12.3. The van der Waals surface area contributed by atoms with Gasteiger partial charge in [-0.2, -0.15) is 0 Å². The molecule has 0 saturated carbocycles. The Morgan fingerprint density at radius 1 is 1.57 bits per heavy atom. The SMILES string of the molecule is COCCN(C(=O)/C=C/c1cccs1)C1CCS(=O)(=O)C1. The third-order valence-corrected chi connectivity index (χ3v) is 5.99. The fourth-order valence-electron chi connectivity index (χ4n) is 2.32. The second-order valence-electron chi connectivity index (χ2n) is 4.93. The van der Waals surface area contributed by atoms with Crippen molar-refractivity contribution >= 4 is 33.2 Å². The third kappa shape index (κ3) is 4.66. The first-order valence-corrected chi connectivity index (χ1v) is 9.43. The van der Waals surface area contributed by atoms with E-state index in [1.807, 2.05) is 17.5 Å². The summed E-state index contributed by atoms with van der Waals surface area (Å²) in [6, 6.07) is 3.60. The lowest BCUT2D eigenvalue weighted by Crippen LogP contribution is -2.42. The van der Waals surface area contributed by atoms with Crippen LogP contribution < -0.4 is 0 Å². The van der Waals surface area contributed by atoms with Crippen LogP contribution in [-0.2, 0) is 19.4 Å². The molecule has 1 aliphatic heterocycles. The highest BCUT2D eigenvalue weighted by Gasteiger charge is 2.33. The van der Waals surface area contributed by atoms with Crippen molar-refractivity contribution in [2.24, 2.45) is 0 Å². The molecular weight excluding hydrogens is 310 g/mol. The van der Waals surface area contributed by atoms with Crippen molar-refractivity contribution in [3.63, 3.8) is 0 Å². The molecule has 0 N–H and O–H groups in total. The number of carbonyl (C=O) groups excluding carboxylic acids is 1. The highest BCUT2D eigenvalue weighted by Crippen LogP contribution is 2.19. The van der Waals surface area contributed by atoms with Crippen molar-refractivity contribution in [2.45, 2.75) is 12.5 Å². The molecule has 0 radical (unpaired) electrons. The maximum Gasteiger partial charge on any atom is 0.246 e. The van der Waals surface area contributed by atoms with E-state index in [1.165, 1.54) is 6.08 Å². The zero-order valence-corrected chi connectivity index (χ0v) is 13.5. The number of hydrogen-bond donors (Lipinski definition) is 0. The molecule has 1 fully saturated rings. The first-order valence-electron chi connectivity index (χ1n) is 6.73. The predicted octanol–water partition coefficient (Wildman–Crippen LogP) is 1.42. The van der Waals surface area contributed by atoms with Gasteiger partial charge in [0.15, 0.2) is 9.84 Å². The normalized spacial score (nSPS) is 20.9. The van der Waals surface area contributed by atoms with Crippen LogP contribution in [0.15, 0.2) is 23.6 Å². The Labute approximate surface area is 129 Å². The molecule has 7 heteroatoms. The zero-order chi connectivity index (χ0) is 15.3. The first-order chi connectivity index (χ1) is 10.0. The Balaban J connectivity index is 2.06. The maximum absolute atomic E-state index is 12.3. The van der Waals surface area contributed by atoms with Crippen LogP contribution in [-0.4, -0.2) is 57.0 Å². The van der Waals surface area contributed by atoms with Crippen molar-refractivity contribution < 1.29 is 17.9 Å². The van der Waals surface area contributed by atoms with E-state index in [2.05, 4.69) is 0 Å². The number of methoxy groups -OCH3 is 1. The standard InChI is InChI=1S/C14H19NO4S2/c1-19-8-7-15(12-6-10-21(17,18)11-12)14(16)5-4-13-3-2-9-20-13/h2-5,9,12H,6-8,10-11H2,1H3/b5-4+. The van der Waals surface area contributed by atoms with Crippen molar-refractivity contribution in [1.82, 2.24) is 4.90 Å². The minimum absolute atomic E-state index is 0.0509. The van der Waals surface area contributed by atoms with E-state index < -0.39 is 9.84 Å². The molecule has 0 aliphatic carbocycles. The molecule has 1 aromatic heterocycles. The highest BCUT2D eigenvalue weighted by atomic mass is 32.2. The Morgan fingerprint density at radius 2 is 2.38 bits per heavy atom. The first kappa shape index (κ1) is 16.2. The minimum atomic E-state index is -3.01. The van der Waals surface area contributed by atoms with Crippen molar-refractivity contribution in [3.05, 3.63) is 28.5 Å². The molecule has 1 aliphatic rings. The van der Waals surface area contributed by atoms with Crippen molar-refractivity contribution in [3.8, 4) is 0 Å². The summed E-state index contributed by atoms with van der Waals surface area (Å²) in [5.41, 5.74) is 0. The third-order valence-electron chi connectivity index (χ3n) is 3.40. The van der Waals surface area contributed by atoms with Crippen molar-refractivity contribution in [1.29, 1.82) is 0 Å². The summed E-state index contributed by atoms with van der Waals surface area (Å²) in [6.07, 6.45) is 3.77. The van der Waals surface area contributed by atoms with E-state index >= 15 is 0 Å². The monoisotopic (exact) mass is 329 g/mol. The minimum Gasteiger partial charge on any atom is -0.383 e. The number of carbonyl (C=O) groups is 1. The van der Waals surface area contributed by atoms with Gasteiger partial charge in [-0.05, 0) is 23.9 Å². The number of hydrogen-bond acceptors (Lipinski definition) is 5. The topological polar surface area (TPSA) is 63.7 Å². The lowest BCUT2D eigenvalue weighted by molar-refractivity contribution is -0.128. The van der Waals surface area contributed by atoms with Gasteiger partial charge in [0, 0.05) is 30.6 Å². The summed E-state index contributed by atoms with van der Waals surface area (Å²) in [6.45, 7) is 0.805. The predicted molar refractivity (Wildman–Crippen MR) is 84.0 cm³/mol. The molecule has 1 saturated heterocycles. The number of rotatable bonds is 6. The Bertz CT molecular complexity index is 593. The molecule has 1 unspecified atom stereocenters. The zero-order valence-electron chi connectivity index (χ0n) is 11.9. The average Bonchev–Trinajstić information content (AvgIpc) is 3.06. The van der Waals surface area contributed by atoms with Gasteiger partial charge in [0.2, 0.25) is 5.91 Å². The van der Waals surface area contributed by atoms with Gasteiger partial charge in [-0.1, -0.05) is 6.07 Å². The smallest absolute Gasteiger partial charge is 0.246 e. The number of amides is 1. The summed E-state index contributed by atoms with van der Waals surface area (Å²) < 4.78 is 28.2. The lowest BCUT2D eigenvalue weighted by atomic mass is 10.2. The van der Waals surface area contributed by atoms with Gasteiger partial charge in [-0.3, -0.25) is 4.79 Å². The largest absolute Gasteiger partial charge is 0.383 e. The van der Waals surface area contributed by atoms with Crippen LogP contribution in [0.5, 0.6) is 0 Å². The van der Waals surface area contributed by atoms with E-state index in [0.717, 1.165) is 4.88 Å². The Hall–Kier alpha value is -1.18. The van der Waals surface area contributed by atoms with Gasteiger partial charge in [0.25, 0.3) is 0 Å². The second-order valence-corrected chi connectivity index (χ2v) is 8.14. The van der Waals surface area contributed by atoms with E-state index in [1.54, 1.807) is 29.4 Å². The molecule has 1 amide bonds. The van der Waals surface area contributed by atoms with Gasteiger partial charge < -0.3 is 9.64 Å². The van der Waals surface area contributed by atoms with Gasteiger partial charge in [0.05, 0.1) is 18.1 Å². The quantitative estimate of drug-likeness (QED) is 0.741. The average molecular weight is 329 g/mol. The number of thiophene rings is 1. The second kappa shape index (κ2) is 7.20. The number of sulfone groups is 1. The van der Waals surface area contributed by atoms with E-state index in [4.69, 9.17) is 4.74 Å². The molecule has 21 heavy (non-hydrogen) atoms. The van der Waals surface area contributed by atoms with Gasteiger partial charge in [0.1, 0.15) is 0 Å². The van der Waals surface area contributed by atoms with Crippen LogP contribution in [0, 0.1) is 0 Å². The molecule has 0 spiro atoms. The summed E-state index contributed by atoms with van der Waals surface area (Å²) >= 11 is 1.55. The van der Waals surface area contributed by atoms with Crippen LogP contribution >= 0.6 is 11.3 Å². The molecule has 1 aromatic rings. The summed E-state index contributed by atoms with van der Waals surface area (Å²) in [7, 11) is -1.45. The fourth-order valence-corrected chi connectivity index (χ4v) is 4.67. The van der Waals surface area contributed by atoms with E-state index in [9.17, 15) is 13.2 Å². The van der Waals surface area contributed by atoms with Crippen LogP contribution in [0.2, 0.25) is 0 Å². The van der Waals surface area contributed by atoms with E-state index in [0.29, 0.717) is 19.6 Å². The number of nitrogens with zero attached hydrogens (tertiary/aromatic N) is 1. The molecule has 0 aromatic carbocycles. The van der Waals surface area contributed by atoms with Crippen LogP contribution in [0.25, 0.3) is 6.08 Å². The van der Waals surface area contributed by atoms with Gasteiger partial charge in [-0.25, -0.2) is 8.42 Å². The molecule has 1 atom stereocenters. The number of ether oxygens (including phenoxy) is 1. The van der Waals surface area contributed by atoms with Gasteiger partial charge >= 0.3 is 0 Å². The molecule has 0 bridgehead atoms. The summed E-state index contributed by atoms with van der Waals surface area (Å²) in [5, 5.41) is 1.94. The molecule has 2 rings (SSSR count). The molecule has 2 heterocycles. The van der Waals surface area contributed by atoms with E-state index in [-0.39, 0.29) is 23.5 Å². The molecule has 5 nitrogen and oxygen atoms in total. The Morgan fingerprint density at radius 3 is 2.95 bits per heavy atom. The fraction of sp³-hybridized carbons (Fsp3) is 0.500. The highest BCUT2D eigenvalue weighted by molar-refractivity contribution is 7.91. The van der Waals surface area contributed by atoms with Crippen LogP contribution in [0.1, 0.15) is 11.3 Å².